The average Bonchev–Trinajstić information content (AvgIpc) is 3.55. The second-order valence-corrected chi connectivity index (χ2v) is 10.1. The molecular weight excluding hydrogens is 480 g/mol. The second kappa shape index (κ2) is 10.1. The van der Waals surface area contributed by atoms with Crippen LogP contribution >= 0.6 is 22.9 Å². The van der Waals surface area contributed by atoms with Gasteiger partial charge in [-0.3, -0.25) is 9.59 Å². The van der Waals surface area contributed by atoms with Crippen LogP contribution in [0.1, 0.15) is 43.7 Å². The van der Waals surface area contributed by atoms with E-state index in [1.165, 1.54) is 10.4 Å². The molecule has 2 amide bonds. The molecule has 2 aromatic carbocycles. The Morgan fingerprint density at radius 3 is 2.60 bits per heavy atom. The van der Waals surface area contributed by atoms with Crippen molar-refractivity contribution in [1.82, 2.24) is 9.80 Å². The van der Waals surface area contributed by atoms with Crippen molar-refractivity contribution in [2.45, 2.75) is 25.9 Å². The maximum Gasteiger partial charge on any atom is 0.254 e. The molecule has 1 unspecified atom stereocenters. The normalized spacial score (nSPS) is 15.0. The van der Waals surface area contributed by atoms with Gasteiger partial charge in [0, 0.05) is 22.0 Å². The summed E-state index contributed by atoms with van der Waals surface area (Å²) in [5, 5.41) is 2.65. The van der Waals surface area contributed by atoms with E-state index in [9.17, 15) is 9.59 Å². The summed E-state index contributed by atoms with van der Waals surface area (Å²) in [6.45, 7) is 2.83. The third-order valence-corrected chi connectivity index (χ3v) is 7.65. The van der Waals surface area contributed by atoms with Crippen LogP contribution in [-0.2, 0) is 17.8 Å². The van der Waals surface area contributed by atoms with E-state index < -0.39 is 0 Å². The number of carbonyl (C=O) groups excluding carboxylic acids is 2. The van der Waals surface area contributed by atoms with Crippen molar-refractivity contribution in [1.29, 1.82) is 0 Å². The quantitative estimate of drug-likeness (QED) is 0.318. The highest BCUT2D eigenvalue weighted by molar-refractivity contribution is 7.10. The van der Waals surface area contributed by atoms with E-state index in [1.807, 2.05) is 17.0 Å². The van der Waals surface area contributed by atoms with Gasteiger partial charge < -0.3 is 14.2 Å². The molecule has 0 aliphatic carbocycles. The van der Waals surface area contributed by atoms with E-state index >= 15 is 0 Å². The number of fused-ring (bicyclic) bond motifs is 1. The van der Waals surface area contributed by atoms with E-state index in [0.29, 0.717) is 22.9 Å². The van der Waals surface area contributed by atoms with Crippen LogP contribution in [0.15, 0.2) is 82.8 Å². The van der Waals surface area contributed by atoms with Gasteiger partial charge in [-0.05, 0) is 77.9 Å². The summed E-state index contributed by atoms with van der Waals surface area (Å²) < 4.78 is 5.50. The van der Waals surface area contributed by atoms with Crippen molar-refractivity contribution in [2.75, 3.05) is 13.1 Å². The number of hydrogen-bond donors (Lipinski definition) is 0. The van der Waals surface area contributed by atoms with Crippen molar-refractivity contribution in [2.24, 2.45) is 0 Å². The third-order valence-electron chi connectivity index (χ3n) is 6.40. The number of hydrogen-bond acceptors (Lipinski definition) is 4. The van der Waals surface area contributed by atoms with Crippen molar-refractivity contribution >= 4 is 34.8 Å². The molecule has 0 fully saturated rings. The number of aryl methyl sites for hydroxylation is 1. The van der Waals surface area contributed by atoms with E-state index in [4.69, 9.17) is 16.0 Å². The van der Waals surface area contributed by atoms with Gasteiger partial charge >= 0.3 is 0 Å². The first-order chi connectivity index (χ1) is 17.0. The molecule has 1 atom stereocenters. The molecule has 2 aromatic heterocycles. The lowest BCUT2D eigenvalue weighted by molar-refractivity contribution is -0.134. The van der Waals surface area contributed by atoms with E-state index in [-0.39, 0.29) is 30.9 Å². The van der Waals surface area contributed by atoms with Crippen molar-refractivity contribution < 1.29 is 14.0 Å². The fourth-order valence-electron chi connectivity index (χ4n) is 4.63. The molecule has 5 rings (SSSR count). The monoisotopic (exact) mass is 504 g/mol. The Morgan fingerprint density at radius 2 is 1.86 bits per heavy atom. The zero-order chi connectivity index (χ0) is 24.4. The average molecular weight is 505 g/mol. The number of amides is 2. The second-order valence-electron chi connectivity index (χ2n) is 8.64. The molecule has 1 aliphatic rings. The Labute approximate surface area is 213 Å². The third kappa shape index (κ3) is 4.90. The molecule has 0 saturated carbocycles. The van der Waals surface area contributed by atoms with Crippen molar-refractivity contribution in [3.63, 3.8) is 0 Å². The molecule has 35 heavy (non-hydrogen) atoms. The van der Waals surface area contributed by atoms with Gasteiger partial charge in [0.25, 0.3) is 5.91 Å². The molecular formula is C28H25ClN2O3S. The van der Waals surface area contributed by atoms with Crippen LogP contribution in [0.25, 0.3) is 0 Å². The van der Waals surface area contributed by atoms with Crippen LogP contribution in [0.2, 0.25) is 5.02 Å². The van der Waals surface area contributed by atoms with E-state index in [0.717, 1.165) is 17.5 Å². The summed E-state index contributed by atoms with van der Waals surface area (Å²) in [6.07, 6.45) is 2.38. The highest BCUT2D eigenvalue weighted by Gasteiger charge is 2.34. The maximum atomic E-state index is 13.8. The minimum absolute atomic E-state index is 0.0516. The predicted molar refractivity (Wildman–Crippen MR) is 138 cm³/mol. The van der Waals surface area contributed by atoms with Crippen LogP contribution in [0.3, 0.4) is 0 Å². The molecule has 0 bridgehead atoms. The van der Waals surface area contributed by atoms with Crippen LogP contribution in [0.4, 0.5) is 0 Å². The van der Waals surface area contributed by atoms with Gasteiger partial charge in [-0.25, -0.2) is 0 Å². The van der Waals surface area contributed by atoms with Gasteiger partial charge in [0.1, 0.15) is 12.3 Å². The lowest BCUT2D eigenvalue weighted by Crippen LogP contribution is -2.46. The fourth-order valence-corrected chi connectivity index (χ4v) is 5.66. The molecule has 4 aromatic rings. The lowest BCUT2D eigenvalue weighted by Gasteiger charge is -2.38. The Balaban J connectivity index is 1.46. The van der Waals surface area contributed by atoms with Gasteiger partial charge in [0.15, 0.2) is 0 Å². The largest absolute Gasteiger partial charge is 0.467 e. The molecule has 0 N–H and O–H groups in total. The number of rotatable bonds is 6. The minimum atomic E-state index is -0.243. The molecule has 178 valence electrons. The van der Waals surface area contributed by atoms with Crippen LogP contribution in [-0.4, -0.2) is 34.7 Å². The molecule has 5 nitrogen and oxygen atoms in total. The smallest absolute Gasteiger partial charge is 0.254 e. The van der Waals surface area contributed by atoms with Crippen molar-refractivity contribution in [3.8, 4) is 0 Å². The highest BCUT2D eigenvalue weighted by Crippen LogP contribution is 2.39. The summed E-state index contributed by atoms with van der Waals surface area (Å²) in [6, 6.07) is 20.4. The van der Waals surface area contributed by atoms with Crippen LogP contribution in [0, 0.1) is 6.92 Å². The fraction of sp³-hybridized carbons (Fsp3) is 0.214. The highest BCUT2D eigenvalue weighted by atomic mass is 35.5. The number of furan rings is 1. The van der Waals surface area contributed by atoms with Gasteiger partial charge in [0.2, 0.25) is 5.91 Å². The SMILES string of the molecule is Cc1ccccc1C1c2ccsc2CCN1C(=O)CN(Cc1ccco1)C(=O)c1ccc(Cl)cc1. The Hall–Kier alpha value is -3.35. The Morgan fingerprint density at radius 1 is 1.06 bits per heavy atom. The van der Waals surface area contributed by atoms with Gasteiger partial charge in [-0.15, -0.1) is 11.3 Å². The molecule has 0 saturated heterocycles. The Kier molecular flexibility index (Phi) is 6.75. The maximum absolute atomic E-state index is 13.8. The number of thiophene rings is 1. The topological polar surface area (TPSA) is 53.8 Å². The number of benzene rings is 2. The zero-order valence-electron chi connectivity index (χ0n) is 19.3. The standard InChI is InChI=1S/C28H25ClN2O3S/c1-19-5-2-3-7-23(19)27-24-13-16-35-25(24)12-14-31(27)26(32)18-30(17-22-6-4-15-34-22)28(33)20-8-10-21(29)11-9-20/h2-11,13,15-16,27H,12,14,17-18H2,1H3. The number of nitrogens with zero attached hydrogens (tertiary/aromatic N) is 2. The van der Waals surface area contributed by atoms with Crippen LogP contribution in [0.5, 0.6) is 0 Å². The zero-order valence-corrected chi connectivity index (χ0v) is 20.9. The first kappa shape index (κ1) is 23.4. The van der Waals surface area contributed by atoms with E-state index in [2.05, 4.69) is 30.5 Å². The molecule has 0 spiro atoms. The molecule has 1 aliphatic heterocycles. The van der Waals surface area contributed by atoms with Crippen LogP contribution < -0.4 is 0 Å². The van der Waals surface area contributed by atoms with Crippen molar-refractivity contribution in [3.05, 3.63) is 116 Å². The molecule has 7 heteroatoms. The van der Waals surface area contributed by atoms with E-state index in [1.54, 1.807) is 58.9 Å². The summed E-state index contributed by atoms with van der Waals surface area (Å²) in [7, 11) is 0. The first-order valence-electron chi connectivity index (χ1n) is 11.5. The van der Waals surface area contributed by atoms with Gasteiger partial charge in [-0.2, -0.15) is 0 Å². The summed E-state index contributed by atoms with van der Waals surface area (Å²) in [5.41, 5.74) is 3.90. The predicted octanol–water partition coefficient (Wildman–Crippen LogP) is 6.12. The summed E-state index contributed by atoms with van der Waals surface area (Å²) in [5.74, 6) is 0.283. The minimum Gasteiger partial charge on any atom is -0.467 e. The first-order valence-corrected chi connectivity index (χ1v) is 12.8. The number of halogens is 1. The summed E-state index contributed by atoms with van der Waals surface area (Å²) in [4.78, 5) is 32.0. The van der Waals surface area contributed by atoms with Gasteiger partial charge in [-0.1, -0.05) is 35.9 Å². The van der Waals surface area contributed by atoms with Gasteiger partial charge in [0.05, 0.1) is 18.8 Å². The summed E-state index contributed by atoms with van der Waals surface area (Å²) >= 11 is 7.75. The molecule has 3 heterocycles. The lowest BCUT2D eigenvalue weighted by atomic mass is 9.90. The number of carbonyl (C=O) groups is 2. The molecule has 0 radical (unpaired) electrons. The Bertz CT molecular complexity index is 1330.